The molecule has 2 aromatic rings. The van der Waals surface area contributed by atoms with Gasteiger partial charge in [0, 0.05) is 23.7 Å². The molecule has 0 saturated heterocycles. The fourth-order valence-electron chi connectivity index (χ4n) is 2.15. The lowest BCUT2D eigenvalue weighted by atomic mass is 10.0. The highest BCUT2D eigenvalue weighted by molar-refractivity contribution is 9.10. The molecular formula is C16H14BrF2N. The van der Waals surface area contributed by atoms with E-state index in [1.54, 1.807) is 30.3 Å². The van der Waals surface area contributed by atoms with Crippen LogP contribution in [0.5, 0.6) is 0 Å². The minimum Gasteiger partial charge on any atom is -0.310 e. The molecule has 0 spiro atoms. The third kappa shape index (κ3) is 2.91. The average Bonchev–Trinajstić information content (AvgIpc) is 3.25. The van der Waals surface area contributed by atoms with Gasteiger partial charge in [-0.05, 0) is 52.5 Å². The second-order valence-corrected chi connectivity index (χ2v) is 5.93. The molecule has 0 atom stereocenters. The maximum atomic E-state index is 14.1. The molecule has 104 valence electrons. The lowest BCUT2D eigenvalue weighted by Crippen LogP contribution is -2.15. The lowest BCUT2D eigenvalue weighted by molar-refractivity contribution is 0.611. The van der Waals surface area contributed by atoms with E-state index in [9.17, 15) is 8.78 Å². The summed E-state index contributed by atoms with van der Waals surface area (Å²) in [6.45, 7) is 0.688. The molecule has 1 fully saturated rings. The number of hydrogen-bond donors (Lipinski definition) is 1. The Labute approximate surface area is 125 Å². The number of halogens is 3. The summed E-state index contributed by atoms with van der Waals surface area (Å²) in [5.41, 5.74) is 1.55. The summed E-state index contributed by atoms with van der Waals surface area (Å²) >= 11 is 3.13. The lowest BCUT2D eigenvalue weighted by Gasteiger charge is -2.09. The Morgan fingerprint density at radius 1 is 1.10 bits per heavy atom. The minimum atomic E-state index is -0.432. The van der Waals surface area contributed by atoms with Crippen LogP contribution in [0.3, 0.4) is 0 Å². The molecule has 1 aliphatic rings. The van der Waals surface area contributed by atoms with Crippen molar-refractivity contribution in [2.45, 2.75) is 25.4 Å². The predicted octanol–water partition coefficient (Wildman–Crippen LogP) is 4.65. The molecule has 1 nitrogen and oxygen atoms in total. The first-order valence-electron chi connectivity index (χ1n) is 6.61. The van der Waals surface area contributed by atoms with Crippen LogP contribution in [0, 0.1) is 11.6 Å². The summed E-state index contributed by atoms with van der Waals surface area (Å²) in [7, 11) is 0. The summed E-state index contributed by atoms with van der Waals surface area (Å²) in [5.74, 6) is -0.837. The molecule has 3 rings (SSSR count). The summed E-state index contributed by atoms with van der Waals surface area (Å²) in [6, 6.07) is 10.4. The second-order valence-electron chi connectivity index (χ2n) is 5.07. The second kappa shape index (κ2) is 5.62. The molecule has 2 aromatic carbocycles. The van der Waals surface area contributed by atoms with E-state index in [1.807, 2.05) is 0 Å². The number of hydrogen-bond acceptors (Lipinski definition) is 1. The van der Waals surface area contributed by atoms with E-state index in [1.165, 1.54) is 18.9 Å². The van der Waals surface area contributed by atoms with Crippen molar-refractivity contribution in [2.24, 2.45) is 0 Å². The van der Waals surface area contributed by atoms with E-state index in [0.717, 1.165) is 5.56 Å². The maximum Gasteiger partial charge on any atom is 0.145 e. The summed E-state index contributed by atoms with van der Waals surface area (Å²) in [6.07, 6.45) is 2.41. The first-order valence-corrected chi connectivity index (χ1v) is 7.40. The van der Waals surface area contributed by atoms with E-state index in [2.05, 4.69) is 21.2 Å². The summed E-state index contributed by atoms with van der Waals surface area (Å²) < 4.78 is 28.4. The summed E-state index contributed by atoms with van der Waals surface area (Å²) in [5, 5.41) is 3.37. The van der Waals surface area contributed by atoms with Gasteiger partial charge in [-0.3, -0.25) is 0 Å². The Hall–Kier alpha value is -1.26. The van der Waals surface area contributed by atoms with E-state index < -0.39 is 11.6 Å². The van der Waals surface area contributed by atoms with Gasteiger partial charge in [0.1, 0.15) is 11.6 Å². The fraction of sp³-hybridized carbons (Fsp3) is 0.250. The number of rotatable bonds is 4. The van der Waals surface area contributed by atoms with E-state index in [0.29, 0.717) is 22.6 Å². The Morgan fingerprint density at radius 3 is 2.65 bits per heavy atom. The Morgan fingerprint density at radius 2 is 1.90 bits per heavy atom. The standard InChI is InChI=1S/C16H14BrF2N/c17-14-3-1-2-12(16(14)19)13-8-10(4-7-15(13)18)9-20-11-5-6-11/h1-4,7-8,11,20H,5-6,9H2. The van der Waals surface area contributed by atoms with Crippen molar-refractivity contribution in [3.63, 3.8) is 0 Å². The monoisotopic (exact) mass is 337 g/mol. The molecule has 0 aliphatic heterocycles. The van der Waals surface area contributed by atoms with E-state index in [4.69, 9.17) is 0 Å². The molecule has 0 radical (unpaired) electrons. The minimum absolute atomic E-state index is 0.283. The zero-order chi connectivity index (χ0) is 14.1. The fourth-order valence-corrected chi connectivity index (χ4v) is 2.52. The van der Waals surface area contributed by atoms with Gasteiger partial charge in [-0.2, -0.15) is 0 Å². The topological polar surface area (TPSA) is 12.0 Å². The van der Waals surface area contributed by atoms with Crippen LogP contribution in [-0.4, -0.2) is 6.04 Å². The van der Waals surface area contributed by atoms with Crippen LogP contribution < -0.4 is 5.32 Å². The Bertz CT molecular complexity index is 638. The van der Waals surface area contributed by atoms with Crippen LogP contribution in [-0.2, 0) is 6.54 Å². The highest BCUT2D eigenvalue weighted by Crippen LogP contribution is 2.30. The highest BCUT2D eigenvalue weighted by Gasteiger charge is 2.20. The van der Waals surface area contributed by atoms with Gasteiger partial charge in [-0.1, -0.05) is 18.2 Å². The van der Waals surface area contributed by atoms with Crippen molar-refractivity contribution in [3.05, 3.63) is 58.1 Å². The predicted molar refractivity (Wildman–Crippen MR) is 79.4 cm³/mol. The van der Waals surface area contributed by atoms with Crippen molar-refractivity contribution >= 4 is 15.9 Å². The van der Waals surface area contributed by atoms with Crippen LogP contribution in [0.25, 0.3) is 11.1 Å². The van der Waals surface area contributed by atoms with Crippen LogP contribution >= 0.6 is 15.9 Å². The molecule has 1 saturated carbocycles. The first-order chi connectivity index (χ1) is 9.65. The molecule has 4 heteroatoms. The molecule has 0 amide bonds. The molecular weight excluding hydrogens is 324 g/mol. The molecule has 0 heterocycles. The summed E-state index contributed by atoms with van der Waals surface area (Å²) in [4.78, 5) is 0. The third-order valence-electron chi connectivity index (χ3n) is 3.44. The molecule has 0 unspecified atom stereocenters. The number of benzene rings is 2. The van der Waals surface area contributed by atoms with Gasteiger partial charge < -0.3 is 5.32 Å². The average molecular weight is 338 g/mol. The van der Waals surface area contributed by atoms with Gasteiger partial charge in [0.25, 0.3) is 0 Å². The highest BCUT2D eigenvalue weighted by atomic mass is 79.9. The van der Waals surface area contributed by atoms with Crippen LogP contribution in [0.4, 0.5) is 8.78 Å². The molecule has 0 bridgehead atoms. The zero-order valence-electron chi connectivity index (χ0n) is 10.8. The maximum absolute atomic E-state index is 14.1. The smallest absolute Gasteiger partial charge is 0.145 e. The van der Waals surface area contributed by atoms with Crippen LogP contribution in [0.15, 0.2) is 40.9 Å². The van der Waals surface area contributed by atoms with E-state index in [-0.39, 0.29) is 5.56 Å². The van der Waals surface area contributed by atoms with Gasteiger partial charge in [-0.25, -0.2) is 8.78 Å². The van der Waals surface area contributed by atoms with Crippen molar-refractivity contribution in [1.82, 2.24) is 5.32 Å². The SMILES string of the molecule is Fc1ccc(CNC2CC2)cc1-c1cccc(Br)c1F. The Kier molecular flexibility index (Phi) is 3.85. The van der Waals surface area contributed by atoms with Crippen LogP contribution in [0.2, 0.25) is 0 Å². The van der Waals surface area contributed by atoms with Crippen molar-refractivity contribution in [3.8, 4) is 11.1 Å². The molecule has 20 heavy (non-hydrogen) atoms. The van der Waals surface area contributed by atoms with Crippen LogP contribution in [0.1, 0.15) is 18.4 Å². The van der Waals surface area contributed by atoms with Crippen molar-refractivity contribution in [1.29, 1.82) is 0 Å². The third-order valence-corrected chi connectivity index (χ3v) is 4.06. The zero-order valence-corrected chi connectivity index (χ0v) is 12.4. The Balaban J connectivity index is 1.94. The van der Waals surface area contributed by atoms with Gasteiger partial charge in [-0.15, -0.1) is 0 Å². The number of nitrogens with one attached hydrogen (secondary N) is 1. The van der Waals surface area contributed by atoms with E-state index >= 15 is 0 Å². The first kappa shape index (κ1) is 13.7. The molecule has 1 N–H and O–H groups in total. The van der Waals surface area contributed by atoms with Gasteiger partial charge in [0.15, 0.2) is 0 Å². The van der Waals surface area contributed by atoms with Crippen molar-refractivity contribution < 1.29 is 8.78 Å². The molecule has 1 aliphatic carbocycles. The normalized spacial score (nSPS) is 14.6. The van der Waals surface area contributed by atoms with Crippen molar-refractivity contribution in [2.75, 3.05) is 0 Å². The van der Waals surface area contributed by atoms with Gasteiger partial charge in [0.05, 0.1) is 4.47 Å². The van der Waals surface area contributed by atoms with Gasteiger partial charge >= 0.3 is 0 Å². The quantitative estimate of drug-likeness (QED) is 0.856. The largest absolute Gasteiger partial charge is 0.310 e. The molecule has 0 aromatic heterocycles. The van der Waals surface area contributed by atoms with Gasteiger partial charge in [0.2, 0.25) is 0 Å².